The van der Waals surface area contributed by atoms with E-state index in [4.69, 9.17) is 5.53 Å². The number of piperazine rings is 1. The molecule has 0 saturated carbocycles. The molecule has 0 atom stereocenters. The van der Waals surface area contributed by atoms with Crippen LogP contribution in [0.1, 0.15) is 11.1 Å². The molecular weight excluding hydrogens is 321 g/mol. The molecular formula is C12H16BF3KN5. The first kappa shape index (κ1) is 19.8. The maximum Gasteiger partial charge on any atom is 1.00 e. The minimum atomic E-state index is -4.92. The Morgan fingerprint density at radius 2 is 1.95 bits per heavy atom. The molecule has 1 N–H and O–H groups in total. The Balaban J connectivity index is 0.00000242. The molecule has 0 unspecified atom stereocenters. The van der Waals surface area contributed by atoms with E-state index < -0.39 is 13.3 Å². The number of azide groups is 1. The first-order chi connectivity index (χ1) is 9.90. The van der Waals surface area contributed by atoms with Gasteiger partial charge in [-0.05, 0) is 24.1 Å². The van der Waals surface area contributed by atoms with E-state index in [9.17, 15) is 12.9 Å². The summed E-state index contributed by atoms with van der Waals surface area (Å²) in [5, 5.41) is 6.73. The van der Waals surface area contributed by atoms with Gasteiger partial charge in [-0.15, -0.1) is 0 Å². The second-order valence-electron chi connectivity index (χ2n) is 5.10. The van der Waals surface area contributed by atoms with E-state index in [1.807, 2.05) is 4.90 Å². The van der Waals surface area contributed by atoms with Gasteiger partial charge in [0.25, 0.3) is 0 Å². The summed E-state index contributed by atoms with van der Waals surface area (Å²) in [7, 11) is 0. The summed E-state index contributed by atoms with van der Waals surface area (Å²) in [6.07, 6.45) is -0.965. The van der Waals surface area contributed by atoms with Gasteiger partial charge in [0.2, 0.25) is 0 Å². The fourth-order valence-corrected chi connectivity index (χ4v) is 2.51. The molecule has 1 aliphatic rings. The summed E-state index contributed by atoms with van der Waals surface area (Å²) in [4.78, 5) is 4.73. The van der Waals surface area contributed by atoms with Gasteiger partial charge >= 0.3 is 58.4 Å². The van der Waals surface area contributed by atoms with E-state index in [1.54, 1.807) is 13.0 Å². The van der Waals surface area contributed by atoms with Crippen LogP contribution in [-0.4, -0.2) is 33.2 Å². The van der Waals surface area contributed by atoms with Crippen LogP contribution in [-0.2, 0) is 6.32 Å². The summed E-state index contributed by atoms with van der Waals surface area (Å²) < 4.78 is 38.0. The van der Waals surface area contributed by atoms with Crippen LogP contribution in [0.4, 0.5) is 24.3 Å². The molecule has 0 amide bonds. The maximum absolute atomic E-state index is 12.7. The molecule has 1 aromatic carbocycles. The number of benzene rings is 1. The maximum atomic E-state index is 12.7. The molecule has 1 heterocycles. The number of anilines is 1. The normalized spacial score (nSPS) is 15.0. The van der Waals surface area contributed by atoms with Gasteiger partial charge in [0.15, 0.2) is 0 Å². The number of hydrogen-bond donors (Lipinski definition) is 1. The molecule has 0 spiro atoms. The Morgan fingerprint density at radius 3 is 2.50 bits per heavy atom. The number of rotatable bonds is 4. The standard InChI is InChI=1S/C12H16BF3N5.K/c1-9-11(19-20-17)6-10(8-13(14,15)16)7-12(9)21-4-2-18-3-5-21;/h6-7,18H,2-5,8H2,1H3;/q-1;+1. The van der Waals surface area contributed by atoms with Crippen molar-refractivity contribution in [2.75, 3.05) is 31.1 Å². The average molecular weight is 337 g/mol. The summed E-state index contributed by atoms with van der Waals surface area (Å²) in [5.74, 6) is 0. The molecule has 0 aliphatic carbocycles. The Bertz CT molecular complexity index is 569. The number of nitrogens with one attached hydrogen (secondary N) is 1. The van der Waals surface area contributed by atoms with Crippen LogP contribution in [0.5, 0.6) is 0 Å². The van der Waals surface area contributed by atoms with Crippen molar-refractivity contribution in [2.45, 2.75) is 13.2 Å². The van der Waals surface area contributed by atoms with Gasteiger partial charge in [0.1, 0.15) is 0 Å². The molecule has 1 fully saturated rings. The third kappa shape index (κ3) is 5.45. The smallest absolute Gasteiger partial charge is 0.449 e. The van der Waals surface area contributed by atoms with Gasteiger partial charge in [-0.25, -0.2) is 0 Å². The summed E-state index contributed by atoms with van der Waals surface area (Å²) >= 11 is 0. The van der Waals surface area contributed by atoms with E-state index in [2.05, 4.69) is 15.3 Å². The zero-order valence-corrected chi connectivity index (χ0v) is 15.8. The molecule has 22 heavy (non-hydrogen) atoms. The molecule has 1 aromatic rings. The minimum Gasteiger partial charge on any atom is -0.449 e. The van der Waals surface area contributed by atoms with Crippen LogP contribution in [0.15, 0.2) is 17.2 Å². The summed E-state index contributed by atoms with van der Waals surface area (Å²) in [5.41, 5.74) is 10.4. The molecule has 0 bridgehead atoms. The molecule has 114 valence electrons. The van der Waals surface area contributed by atoms with Crippen LogP contribution >= 0.6 is 0 Å². The Morgan fingerprint density at radius 1 is 1.32 bits per heavy atom. The second kappa shape index (κ2) is 8.58. The first-order valence-electron chi connectivity index (χ1n) is 6.76. The summed E-state index contributed by atoms with van der Waals surface area (Å²) in [6.45, 7) is -0.154. The van der Waals surface area contributed by atoms with Crippen molar-refractivity contribution in [3.63, 3.8) is 0 Å². The number of halogens is 3. The number of hydrogen-bond acceptors (Lipinski definition) is 3. The van der Waals surface area contributed by atoms with Crippen LogP contribution < -0.4 is 61.6 Å². The number of nitrogens with zero attached hydrogens (tertiary/aromatic N) is 4. The SMILES string of the molecule is Cc1c(N=[N+]=[N-])cc(C[B-](F)(F)F)cc1N1CCNCC1.[K+]. The van der Waals surface area contributed by atoms with Gasteiger partial charge < -0.3 is 23.2 Å². The first-order valence-corrected chi connectivity index (χ1v) is 6.76. The molecule has 2 rings (SSSR count). The average Bonchev–Trinajstić information content (AvgIpc) is 2.42. The van der Waals surface area contributed by atoms with Crippen molar-refractivity contribution in [3.05, 3.63) is 33.7 Å². The quantitative estimate of drug-likeness (QED) is 0.371. The molecule has 1 aliphatic heterocycles. The van der Waals surface area contributed by atoms with Crippen molar-refractivity contribution >= 4 is 18.4 Å². The van der Waals surface area contributed by atoms with Gasteiger partial charge in [-0.2, -0.15) is 0 Å². The molecule has 10 heteroatoms. The van der Waals surface area contributed by atoms with Crippen molar-refractivity contribution in [3.8, 4) is 0 Å². The Kier molecular flexibility index (Phi) is 7.73. The monoisotopic (exact) mass is 337 g/mol. The van der Waals surface area contributed by atoms with Gasteiger partial charge in [-0.3, -0.25) is 0 Å². The van der Waals surface area contributed by atoms with Crippen molar-refractivity contribution in [2.24, 2.45) is 5.11 Å². The Labute approximate surface area is 169 Å². The predicted octanol–water partition coefficient (Wildman–Crippen LogP) is 0.280. The van der Waals surface area contributed by atoms with Gasteiger partial charge in [-0.1, -0.05) is 23.1 Å². The van der Waals surface area contributed by atoms with Gasteiger partial charge in [0.05, 0.1) is 0 Å². The van der Waals surface area contributed by atoms with E-state index in [0.717, 1.165) is 31.9 Å². The molecule has 0 radical (unpaired) electrons. The van der Waals surface area contributed by atoms with Crippen molar-refractivity contribution in [1.82, 2.24) is 5.32 Å². The second-order valence-corrected chi connectivity index (χ2v) is 5.10. The van der Waals surface area contributed by atoms with Crippen LogP contribution in [0, 0.1) is 6.92 Å². The fourth-order valence-electron chi connectivity index (χ4n) is 2.51. The topological polar surface area (TPSA) is 64.0 Å². The largest absolute Gasteiger partial charge is 1.00 e. The Hall–Kier alpha value is -0.219. The zero-order valence-electron chi connectivity index (χ0n) is 12.7. The predicted molar refractivity (Wildman–Crippen MR) is 77.8 cm³/mol. The van der Waals surface area contributed by atoms with E-state index >= 15 is 0 Å². The third-order valence-electron chi connectivity index (χ3n) is 3.49. The van der Waals surface area contributed by atoms with E-state index in [-0.39, 0.29) is 62.6 Å². The van der Waals surface area contributed by atoms with Crippen LogP contribution in [0.3, 0.4) is 0 Å². The van der Waals surface area contributed by atoms with Crippen LogP contribution in [0.25, 0.3) is 10.4 Å². The van der Waals surface area contributed by atoms with E-state index in [0.29, 0.717) is 5.56 Å². The van der Waals surface area contributed by atoms with E-state index in [1.165, 1.54) is 6.07 Å². The zero-order chi connectivity index (χ0) is 15.5. The minimum absolute atomic E-state index is 0. The van der Waals surface area contributed by atoms with Crippen LogP contribution in [0.2, 0.25) is 0 Å². The molecule has 5 nitrogen and oxygen atoms in total. The molecule has 0 aromatic heterocycles. The van der Waals surface area contributed by atoms with Gasteiger partial charge in [0, 0.05) is 42.5 Å². The summed E-state index contributed by atoms with van der Waals surface area (Å²) in [6, 6.07) is 2.89. The molecule has 1 saturated heterocycles. The fraction of sp³-hybridized carbons (Fsp3) is 0.500. The van der Waals surface area contributed by atoms with Crippen molar-refractivity contribution < 1.29 is 64.3 Å². The van der Waals surface area contributed by atoms with Crippen molar-refractivity contribution in [1.29, 1.82) is 0 Å². The third-order valence-corrected chi connectivity index (χ3v) is 3.49.